The molecule has 0 aromatic heterocycles. The van der Waals surface area contributed by atoms with Crippen LogP contribution in [-0.4, -0.2) is 16.6 Å². The van der Waals surface area contributed by atoms with Gasteiger partial charge in [-0.1, -0.05) is 0 Å². The zero-order chi connectivity index (χ0) is 11.6. The van der Waals surface area contributed by atoms with E-state index in [0.29, 0.717) is 5.56 Å². The normalized spacial score (nSPS) is 10.0. The van der Waals surface area contributed by atoms with Gasteiger partial charge >= 0.3 is 0 Å². The smallest absolute Gasteiger partial charge is 0.282 e. The van der Waals surface area contributed by atoms with E-state index in [0.717, 1.165) is 0 Å². The van der Waals surface area contributed by atoms with Crippen LogP contribution in [0.4, 0.5) is 11.4 Å². The molecule has 80 valence electrons. The second kappa shape index (κ2) is 4.27. The van der Waals surface area contributed by atoms with Crippen molar-refractivity contribution < 1.29 is 9.72 Å². The first-order valence-corrected chi connectivity index (χ1v) is 4.64. The lowest BCUT2D eigenvalue weighted by molar-refractivity contribution is -0.385. The number of nitrogens with two attached hydrogens (primary N) is 1. The number of carbonyl (C=O) groups is 1. The largest absolute Gasteiger partial charge is 0.398 e. The van der Waals surface area contributed by atoms with Gasteiger partial charge in [0, 0.05) is 11.8 Å². The molecule has 0 aliphatic carbocycles. The molecule has 0 aliphatic heterocycles. The Morgan fingerprint density at radius 3 is 2.67 bits per heavy atom. The molecule has 6 heteroatoms. The number of halogens is 1. The Balaban J connectivity index is 3.46. The summed E-state index contributed by atoms with van der Waals surface area (Å²) < 4.78 is 0. The van der Waals surface area contributed by atoms with Crippen LogP contribution in [-0.2, 0) is 0 Å². The quantitative estimate of drug-likeness (QED) is 0.281. The van der Waals surface area contributed by atoms with E-state index in [-0.39, 0.29) is 22.8 Å². The van der Waals surface area contributed by atoms with E-state index in [2.05, 4.69) is 0 Å². The number of hydrogen-bond acceptors (Lipinski definition) is 4. The first kappa shape index (κ1) is 11.5. The van der Waals surface area contributed by atoms with Gasteiger partial charge in [0.25, 0.3) is 5.69 Å². The number of nitro groups is 1. The molecule has 0 fully saturated rings. The van der Waals surface area contributed by atoms with Gasteiger partial charge in [0.1, 0.15) is 5.56 Å². The first-order chi connectivity index (χ1) is 6.97. The minimum absolute atomic E-state index is 0.0901. The van der Waals surface area contributed by atoms with Crippen molar-refractivity contribution in [1.29, 1.82) is 0 Å². The van der Waals surface area contributed by atoms with E-state index in [4.69, 9.17) is 17.3 Å². The van der Waals surface area contributed by atoms with Gasteiger partial charge in [-0.15, -0.1) is 11.6 Å². The zero-order valence-corrected chi connectivity index (χ0v) is 8.75. The van der Waals surface area contributed by atoms with Crippen molar-refractivity contribution in [1.82, 2.24) is 0 Å². The highest BCUT2D eigenvalue weighted by Crippen LogP contribution is 2.27. The summed E-state index contributed by atoms with van der Waals surface area (Å²) in [7, 11) is 0. The number of ketones is 1. The third-order valence-corrected chi connectivity index (χ3v) is 2.13. The molecule has 15 heavy (non-hydrogen) atoms. The maximum absolute atomic E-state index is 11.4. The summed E-state index contributed by atoms with van der Waals surface area (Å²) in [5, 5.41) is 10.7. The fourth-order valence-electron chi connectivity index (χ4n) is 1.31. The van der Waals surface area contributed by atoms with Crippen LogP contribution in [0.1, 0.15) is 15.9 Å². The molecule has 0 spiro atoms. The summed E-state index contributed by atoms with van der Waals surface area (Å²) in [4.78, 5) is 21.4. The summed E-state index contributed by atoms with van der Waals surface area (Å²) in [5.74, 6) is -0.866. The van der Waals surface area contributed by atoms with Crippen LogP contribution in [0.5, 0.6) is 0 Å². The molecular formula is C9H9ClN2O3. The molecule has 0 heterocycles. The number of hydrogen-bond donors (Lipinski definition) is 1. The molecule has 1 rings (SSSR count). The fraction of sp³-hybridized carbons (Fsp3) is 0.222. The Labute approximate surface area is 91.0 Å². The molecule has 0 saturated heterocycles. The summed E-state index contributed by atoms with van der Waals surface area (Å²) in [6.45, 7) is 1.66. The predicted molar refractivity (Wildman–Crippen MR) is 57.3 cm³/mol. The van der Waals surface area contributed by atoms with Crippen molar-refractivity contribution in [3.8, 4) is 0 Å². The molecule has 0 amide bonds. The van der Waals surface area contributed by atoms with E-state index < -0.39 is 10.7 Å². The van der Waals surface area contributed by atoms with Crippen LogP contribution in [0.2, 0.25) is 0 Å². The number of nitrogen functional groups attached to an aromatic ring is 1. The highest BCUT2D eigenvalue weighted by Gasteiger charge is 2.22. The minimum atomic E-state index is -0.636. The van der Waals surface area contributed by atoms with Gasteiger partial charge in [-0.05, 0) is 18.6 Å². The number of aryl methyl sites for hydroxylation is 1. The Morgan fingerprint density at radius 2 is 2.20 bits per heavy atom. The Kier molecular flexibility index (Phi) is 3.26. The van der Waals surface area contributed by atoms with Crippen LogP contribution in [0.25, 0.3) is 0 Å². The molecule has 5 nitrogen and oxygen atoms in total. The molecular weight excluding hydrogens is 220 g/mol. The van der Waals surface area contributed by atoms with Crippen LogP contribution in [0.3, 0.4) is 0 Å². The van der Waals surface area contributed by atoms with Crippen molar-refractivity contribution in [2.24, 2.45) is 0 Å². The van der Waals surface area contributed by atoms with Crippen molar-refractivity contribution in [3.63, 3.8) is 0 Å². The SMILES string of the molecule is Cc1cc(N)c(C(=O)CCl)c([N+](=O)[O-])c1. The van der Waals surface area contributed by atoms with Gasteiger partial charge in [0.2, 0.25) is 0 Å². The third-order valence-electron chi connectivity index (χ3n) is 1.89. The maximum atomic E-state index is 11.4. The Bertz CT molecular complexity index is 432. The average Bonchev–Trinajstić information content (AvgIpc) is 2.15. The monoisotopic (exact) mass is 228 g/mol. The van der Waals surface area contributed by atoms with E-state index in [1.54, 1.807) is 6.92 Å². The number of nitrogens with zero attached hydrogens (tertiary/aromatic N) is 1. The lowest BCUT2D eigenvalue weighted by atomic mass is 10.0. The molecule has 0 radical (unpaired) electrons. The van der Waals surface area contributed by atoms with E-state index >= 15 is 0 Å². The number of nitro benzene ring substituents is 1. The molecule has 0 bridgehead atoms. The average molecular weight is 229 g/mol. The number of rotatable bonds is 3. The zero-order valence-electron chi connectivity index (χ0n) is 7.99. The summed E-state index contributed by atoms with van der Waals surface area (Å²) in [5.41, 5.74) is 5.87. The molecule has 0 unspecified atom stereocenters. The second-order valence-corrected chi connectivity index (χ2v) is 3.33. The number of carbonyl (C=O) groups excluding carboxylic acids is 1. The number of Topliss-reactive ketones (excluding diaryl/α,β-unsaturated/α-hetero) is 1. The van der Waals surface area contributed by atoms with Crippen molar-refractivity contribution in [2.45, 2.75) is 6.92 Å². The fourth-order valence-corrected chi connectivity index (χ4v) is 1.44. The molecule has 0 aliphatic rings. The first-order valence-electron chi connectivity index (χ1n) is 4.11. The third kappa shape index (κ3) is 2.24. The Hall–Kier alpha value is -1.62. The topological polar surface area (TPSA) is 86.2 Å². The lowest BCUT2D eigenvalue weighted by Crippen LogP contribution is -2.09. The number of alkyl halides is 1. The lowest BCUT2D eigenvalue weighted by Gasteiger charge is -2.05. The summed E-state index contributed by atoms with van der Waals surface area (Å²) in [6.07, 6.45) is 0. The Morgan fingerprint density at radius 1 is 1.60 bits per heavy atom. The maximum Gasteiger partial charge on any atom is 0.282 e. The minimum Gasteiger partial charge on any atom is -0.398 e. The predicted octanol–water partition coefficient (Wildman–Crippen LogP) is 1.91. The molecule has 1 aromatic rings. The second-order valence-electron chi connectivity index (χ2n) is 3.06. The van der Waals surface area contributed by atoms with Gasteiger partial charge in [-0.25, -0.2) is 0 Å². The van der Waals surface area contributed by atoms with Gasteiger partial charge in [-0.3, -0.25) is 14.9 Å². The van der Waals surface area contributed by atoms with Gasteiger partial charge in [0.05, 0.1) is 10.8 Å². The van der Waals surface area contributed by atoms with E-state index in [1.165, 1.54) is 12.1 Å². The highest BCUT2D eigenvalue weighted by molar-refractivity contribution is 6.31. The molecule has 0 atom stereocenters. The van der Waals surface area contributed by atoms with Crippen LogP contribution < -0.4 is 5.73 Å². The van der Waals surface area contributed by atoms with Gasteiger partial charge < -0.3 is 5.73 Å². The molecule has 1 aromatic carbocycles. The van der Waals surface area contributed by atoms with Gasteiger partial charge in [0.15, 0.2) is 5.78 Å². The van der Waals surface area contributed by atoms with Crippen molar-refractivity contribution in [3.05, 3.63) is 33.4 Å². The molecule has 2 N–H and O–H groups in total. The van der Waals surface area contributed by atoms with E-state index in [9.17, 15) is 14.9 Å². The highest BCUT2D eigenvalue weighted by atomic mass is 35.5. The van der Waals surface area contributed by atoms with Crippen LogP contribution >= 0.6 is 11.6 Å². The van der Waals surface area contributed by atoms with Crippen molar-refractivity contribution >= 4 is 28.8 Å². The molecule has 0 saturated carbocycles. The summed E-state index contributed by atoms with van der Waals surface area (Å²) >= 11 is 5.35. The van der Waals surface area contributed by atoms with Crippen LogP contribution in [0.15, 0.2) is 12.1 Å². The summed E-state index contributed by atoms with van der Waals surface area (Å²) in [6, 6.07) is 2.81. The number of anilines is 1. The van der Waals surface area contributed by atoms with Crippen LogP contribution in [0, 0.1) is 17.0 Å². The number of benzene rings is 1. The van der Waals surface area contributed by atoms with Crippen molar-refractivity contribution in [2.75, 3.05) is 11.6 Å². The standard InChI is InChI=1S/C9H9ClN2O3/c1-5-2-6(11)9(8(13)4-10)7(3-5)12(14)15/h2-3H,4,11H2,1H3. The van der Waals surface area contributed by atoms with E-state index in [1.807, 2.05) is 0 Å². The van der Waals surface area contributed by atoms with Gasteiger partial charge in [-0.2, -0.15) is 0 Å².